The SMILES string of the molecule is Cc1c(COCC(=O)OC(C)(C)C)c(C)c(C(=O)O)c(C)c1OS(=O)(=O)F. The van der Waals surface area contributed by atoms with E-state index in [4.69, 9.17) is 9.47 Å². The molecule has 0 heterocycles. The average Bonchev–Trinajstić information content (AvgIpc) is 2.44. The molecular formula is C17H23FO8S. The first-order valence-corrected chi connectivity index (χ1v) is 9.24. The van der Waals surface area contributed by atoms with Gasteiger partial charge in [0, 0.05) is 5.56 Å². The van der Waals surface area contributed by atoms with Gasteiger partial charge in [0.05, 0.1) is 12.2 Å². The van der Waals surface area contributed by atoms with Crippen LogP contribution in [0.25, 0.3) is 0 Å². The summed E-state index contributed by atoms with van der Waals surface area (Å²) in [5, 5.41) is 9.41. The van der Waals surface area contributed by atoms with E-state index in [2.05, 4.69) is 4.18 Å². The Hall–Kier alpha value is -2.20. The molecule has 152 valence electrons. The van der Waals surface area contributed by atoms with Gasteiger partial charge in [-0.05, 0) is 58.2 Å². The third-order valence-corrected chi connectivity index (χ3v) is 3.99. The zero-order valence-electron chi connectivity index (χ0n) is 16.0. The summed E-state index contributed by atoms with van der Waals surface area (Å²) in [6.45, 7) is 8.72. The molecule has 1 N–H and O–H groups in total. The Kier molecular flexibility index (Phi) is 6.95. The molecule has 0 unspecified atom stereocenters. The molecule has 1 aromatic rings. The smallest absolute Gasteiger partial charge is 0.478 e. The van der Waals surface area contributed by atoms with Crippen molar-refractivity contribution in [1.82, 2.24) is 0 Å². The predicted octanol–water partition coefficient (Wildman–Crippen LogP) is 2.76. The molecule has 0 aliphatic rings. The second-order valence-electron chi connectivity index (χ2n) is 6.92. The van der Waals surface area contributed by atoms with E-state index in [1.165, 1.54) is 20.8 Å². The lowest BCUT2D eigenvalue weighted by molar-refractivity contribution is -0.160. The number of carboxylic acid groups (broad SMARTS) is 1. The molecule has 0 amide bonds. The first kappa shape index (κ1) is 22.8. The number of carboxylic acids is 1. The number of carbonyl (C=O) groups excluding carboxylic acids is 1. The van der Waals surface area contributed by atoms with Gasteiger partial charge in [-0.25, -0.2) is 9.59 Å². The number of hydrogen-bond acceptors (Lipinski definition) is 7. The number of halogens is 1. The van der Waals surface area contributed by atoms with E-state index in [9.17, 15) is 27.0 Å². The molecule has 0 fully saturated rings. The molecular weight excluding hydrogens is 383 g/mol. The maximum atomic E-state index is 13.0. The molecule has 0 bridgehead atoms. The maximum Gasteiger partial charge on any atom is 0.488 e. The van der Waals surface area contributed by atoms with E-state index >= 15 is 0 Å². The Balaban J connectivity index is 3.22. The lowest BCUT2D eigenvalue weighted by atomic mass is 9.92. The molecule has 10 heteroatoms. The fourth-order valence-electron chi connectivity index (χ4n) is 2.61. The minimum atomic E-state index is -5.36. The molecule has 0 aromatic heterocycles. The van der Waals surface area contributed by atoms with Crippen molar-refractivity contribution in [2.45, 2.75) is 53.8 Å². The zero-order chi connectivity index (χ0) is 21.2. The fraction of sp³-hybridized carbons (Fsp3) is 0.529. The standard InChI is InChI=1S/C17H23FO8S/c1-9-12(7-24-8-13(19)25-17(4,5)6)10(2)15(26-27(18,22)23)11(3)14(9)16(20)21/h7-8H2,1-6H3,(H,20,21). The summed E-state index contributed by atoms with van der Waals surface area (Å²) in [5.41, 5.74) is -0.181. The molecule has 27 heavy (non-hydrogen) atoms. The van der Waals surface area contributed by atoms with Gasteiger partial charge in [-0.3, -0.25) is 0 Å². The third-order valence-electron chi connectivity index (χ3n) is 3.62. The van der Waals surface area contributed by atoms with Crippen molar-refractivity contribution in [3.05, 3.63) is 27.8 Å². The maximum absolute atomic E-state index is 13.0. The molecule has 0 aliphatic heterocycles. The van der Waals surface area contributed by atoms with Gasteiger partial charge < -0.3 is 18.8 Å². The molecule has 0 atom stereocenters. The Morgan fingerprint density at radius 3 is 2.07 bits per heavy atom. The summed E-state index contributed by atoms with van der Waals surface area (Å²) in [5.74, 6) is -2.37. The molecule has 0 radical (unpaired) electrons. The van der Waals surface area contributed by atoms with Crippen molar-refractivity contribution in [3.8, 4) is 5.75 Å². The lowest BCUT2D eigenvalue weighted by Gasteiger charge is -2.21. The fourth-order valence-corrected chi connectivity index (χ4v) is 3.06. The molecule has 0 saturated carbocycles. The van der Waals surface area contributed by atoms with E-state index in [1.807, 2.05) is 0 Å². The predicted molar refractivity (Wildman–Crippen MR) is 93.8 cm³/mol. The minimum absolute atomic E-state index is 0.0328. The molecule has 8 nitrogen and oxygen atoms in total. The van der Waals surface area contributed by atoms with Crippen LogP contribution in [0.3, 0.4) is 0 Å². The first-order chi connectivity index (χ1) is 12.1. The normalized spacial score (nSPS) is 12.0. The van der Waals surface area contributed by atoms with Crippen molar-refractivity contribution in [3.63, 3.8) is 0 Å². The van der Waals surface area contributed by atoms with Gasteiger partial charge in [-0.15, -0.1) is 0 Å². The van der Waals surface area contributed by atoms with Crippen LogP contribution >= 0.6 is 0 Å². The van der Waals surface area contributed by atoms with Crippen LogP contribution in [0.4, 0.5) is 3.89 Å². The van der Waals surface area contributed by atoms with Crippen LogP contribution in [0, 0.1) is 20.8 Å². The number of carbonyl (C=O) groups is 2. The van der Waals surface area contributed by atoms with E-state index < -0.39 is 40.4 Å². The Morgan fingerprint density at radius 2 is 1.63 bits per heavy atom. The van der Waals surface area contributed by atoms with Crippen molar-refractivity contribution in [2.75, 3.05) is 6.61 Å². The largest absolute Gasteiger partial charge is 0.488 e. The van der Waals surface area contributed by atoms with Gasteiger partial charge in [0.15, 0.2) is 5.75 Å². The number of rotatable bonds is 7. The van der Waals surface area contributed by atoms with Crippen molar-refractivity contribution in [1.29, 1.82) is 0 Å². The van der Waals surface area contributed by atoms with Gasteiger partial charge >= 0.3 is 22.4 Å². The summed E-state index contributed by atoms with van der Waals surface area (Å²) in [6.07, 6.45) is 0. The van der Waals surface area contributed by atoms with Crippen LogP contribution in [-0.4, -0.2) is 37.7 Å². The highest BCUT2D eigenvalue weighted by Gasteiger charge is 2.25. The highest BCUT2D eigenvalue weighted by molar-refractivity contribution is 7.81. The Bertz CT molecular complexity index is 853. The zero-order valence-corrected chi connectivity index (χ0v) is 16.8. The van der Waals surface area contributed by atoms with E-state index in [-0.39, 0.29) is 28.9 Å². The van der Waals surface area contributed by atoms with Gasteiger partial charge in [-0.1, -0.05) is 3.89 Å². The Morgan fingerprint density at radius 1 is 1.07 bits per heavy atom. The molecule has 0 spiro atoms. The molecule has 1 rings (SSSR count). The summed E-state index contributed by atoms with van der Waals surface area (Å²) < 4.78 is 49.5. The van der Waals surface area contributed by atoms with Crippen LogP contribution in [0.15, 0.2) is 0 Å². The molecule has 1 aromatic carbocycles. The summed E-state index contributed by atoms with van der Waals surface area (Å²) in [6, 6.07) is 0. The topological polar surface area (TPSA) is 116 Å². The summed E-state index contributed by atoms with van der Waals surface area (Å²) in [7, 11) is -5.36. The molecule has 0 saturated heterocycles. The van der Waals surface area contributed by atoms with Crippen LogP contribution in [0.2, 0.25) is 0 Å². The van der Waals surface area contributed by atoms with Crippen molar-refractivity contribution in [2.24, 2.45) is 0 Å². The Labute approximate surface area is 157 Å². The van der Waals surface area contributed by atoms with Gasteiger partial charge in [0.2, 0.25) is 0 Å². The average molecular weight is 406 g/mol. The van der Waals surface area contributed by atoms with Crippen LogP contribution in [0.1, 0.15) is 53.4 Å². The van der Waals surface area contributed by atoms with E-state index in [0.717, 1.165) is 0 Å². The van der Waals surface area contributed by atoms with Crippen LogP contribution in [-0.2, 0) is 31.4 Å². The van der Waals surface area contributed by atoms with Gasteiger partial charge in [0.25, 0.3) is 0 Å². The summed E-state index contributed by atoms with van der Waals surface area (Å²) >= 11 is 0. The number of ether oxygens (including phenoxy) is 2. The lowest BCUT2D eigenvalue weighted by Crippen LogP contribution is -2.26. The second kappa shape index (κ2) is 8.22. The molecule has 0 aliphatic carbocycles. The van der Waals surface area contributed by atoms with Crippen molar-refractivity contribution >= 4 is 22.4 Å². The van der Waals surface area contributed by atoms with Gasteiger partial charge in [0.1, 0.15) is 12.2 Å². The summed E-state index contributed by atoms with van der Waals surface area (Å²) in [4.78, 5) is 23.3. The first-order valence-electron chi connectivity index (χ1n) is 7.93. The quantitative estimate of drug-likeness (QED) is 0.543. The minimum Gasteiger partial charge on any atom is -0.478 e. The number of esters is 1. The van der Waals surface area contributed by atoms with E-state index in [1.54, 1.807) is 20.8 Å². The number of aromatic carboxylic acids is 1. The van der Waals surface area contributed by atoms with Crippen LogP contribution < -0.4 is 4.18 Å². The van der Waals surface area contributed by atoms with Gasteiger partial charge in [-0.2, -0.15) is 8.42 Å². The third kappa shape index (κ3) is 6.47. The van der Waals surface area contributed by atoms with E-state index in [0.29, 0.717) is 5.56 Å². The monoisotopic (exact) mass is 406 g/mol. The number of hydrogen-bond donors (Lipinski definition) is 1. The highest BCUT2D eigenvalue weighted by Crippen LogP contribution is 2.34. The van der Waals surface area contributed by atoms with Crippen LogP contribution in [0.5, 0.6) is 5.75 Å². The van der Waals surface area contributed by atoms with Crippen molar-refractivity contribution < 1.29 is 40.7 Å². The highest BCUT2D eigenvalue weighted by atomic mass is 32.3. The second-order valence-corrected chi connectivity index (χ2v) is 7.87. The number of benzene rings is 1.